The van der Waals surface area contributed by atoms with Gasteiger partial charge in [-0.3, -0.25) is 14.3 Å². The van der Waals surface area contributed by atoms with E-state index < -0.39 is 5.56 Å². The minimum Gasteiger partial charge on any atom is -0.393 e. The van der Waals surface area contributed by atoms with Crippen LogP contribution in [-0.2, 0) is 6.54 Å². The van der Waals surface area contributed by atoms with Crippen molar-refractivity contribution in [2.45, 2.75) is 39.2 Å². The number of hydrogen-bond donors (Lipinski definition) is 2. The summed E-state index contributed by atoms with van der Waals surface area (Å²) >= 11 is 0. The number of hydrogen-bond acceptors (Lipinski definition) is 3. The fourth-order valence-corrected chi connectivity index (χ4v) is 1.40. The van der Waals surface area contributed by atoms with Gasteiger partial charge in [-0.25, -0.2) is 4.79 Å². The molecular weight excluding hydrogens is 194 g/mol. The molecule has 15 heavy (non-hydrogen) atoms. The smallest absolute Gasteiger partial charge is 0.328 e. The molecule has 0 saturated carbocycles. The van der Waals surface area contributed by atoms with Crippen molar-refractivity contribution in [3.05, 3.63) is 27.0 Å². The highest BCUT2D eigenvalue weighted by Crippen LogP contribution is 2.00. The molecule has 5 heteroatoms. The van der Waals surface area contributed by atoms with Crippen LogP contribution in [0.25, 0.3) is 0 Å². The summed E-state index contributed by atoms with van der Waals surface area (Å²) in [6.45, 7) is 2.74. The van der Waals surface area contributed by atoms with Crippen LogP contribution in [0.4, 0.5) is 5.69 Å². The predicted octanol–water partition coefficient (Wildman–Crippen LogP) is 0.699. The highest BCUT2D eigenvalue weighted by molar-refractivity contribution is 5.30. The van der Waals surface area contributed by atoms with E-state index in [2.05, 4.69) is 11.9 Å². The third-order valence-electron chi connectivity index (χ3n) is 2.29. The SMILES string of the molecule is CCCCCCn1cc(N)c(=O)[nH]c1=O. The molecular formula is C10H17N3O2. The number of anilines is 1. The first-order valence-corrected chi connectivity index (χ1v) is 5.24. The molecule has 1 aromatic rings. The van der Waals surface area contributed by atoms with Crippen molar-refractivity contribution < 1.29 is 0 Å². The molecule has 0 aliphatic heterocycles. The van der Waals surface area contributed by atoms with Gasteiger partial charge in [-0.15, -0.1) is 0 Å². The van der Waals surface area contributed by atoms with E-state index in [1.165, 1.54) is 10.8 Å². The van der Waals surface area contributed by atoms with Crippen LogP contribution in [0.15, 0.2) is 15.8 Å². The average molecular weight is 211 g/mol. The zero-order valence-corrected chi connectivity index (χ0v) is 8.95. The number of rotatable bonds is 5. The van der Waals surface area contributed by atoms with Crippen LogP contribution >= 0.6 is 0 Å². The highest BCUT2D eigenvalue weighted by atomic mass is 16.2. The summed E-state index contributed by atoms with van der Waals surface area (Å²) in [6.07, 6.45) is 5.74. The number of nitrogen functional groups attached to an aromatic ring is 1. The molecule has 0 aromatic carbocycles. The summed E-state index contributed by atoms with van der Waals surface area (Å²) < 4.78 is 1.45. The first-order valence-electron chi connectivity index (χ1n) is 5.24. The van der Waals surface area contributed by atoms with Gasteiger partial charge in [0.15, 0.2) is 0 Å². The molecule has 3 N–H and O–H groups in total. The highest BCUT2D eigenvalue weighted by Gasteiger charge is 2.00. The van der Waals surface area contributed by atoms with Crippen LogP contribution in [0.5, 0.6) is 0 Å². The summed E-state index contributed by atoms with van der Waals surface area (Å²) in [6, 6.07) is 0. The maximum atomic E-state index is 11.3. The summed E-state index contributed by atoms with van der Waals surface area (Å²) in [4.78, 5) is 24.5. The first kappa shape index (κ1) is 11.6. The van der Waals surface area contributed by atoms with Gasteiger partial charge in [0.1, 0.15) is 5.69 Å². The minimum absolute atomic E-state index is 0.0880. The second-order valence-corrected chi connectivity index (χ2v) is 3.60. The van der Waals surface area contributed by atoms with Crippen molar-refractivity contribution in [3.63, 3.8) is 0 Å². The molecule has 0 saturated heterocycles. The molecule has 0 aliphatic carbocycles. The summed E-state index contributed by atoms with van der Waals surface area (Å²) in [5, 5.41) is 0. The molecule has 0 spiro atoms. The fourth-order valence-electron chi connectivity index (χ4n) is 1.40. The molecule has 0 unspecified atom stereocenters. The third-order valence-corrected chi connectivity index (χ3v) is 2.29. The number of aromatic nitrogens is 2. The number of nitrogens with one attached hydrogen (secondary N) is 1. The number of nitrogens with zero attached hydrogens (tertiary/aromatic N) is 1. The van der Waals surface area contributed by atoms with E-state index in [0.717, 1.165) is 25.7 Å². The Morgan fingerprint density at radius 2 is 2.07 bits per heavy atom. The largest absolute Gasteiger partial charge is 0.393 e. The van der Waals surface area contributed by atoms with Gasteiger partial charge in [-0.05, 0) is 6.42 Å². The quantitative estimate of drug-likeness (QED) is 0.703. The lowest BCUT2D eigenvalue weighted by Crippen LogP contribution is -2.31. The molecule has 0 radical (unpaired) electrons. The first-order chi connectivity index (χ1) is 7.15. The van der Waals surface area contributed by atoms with Gasteiger partial charge in [0.25, 0.3) is 5.56 Å². The number of unbranched alkanes of at least 4 members (excludes halogenated alkanes) is 3. The van der Waals surface area contributed by atoms with Crippen molar-refractivity contribution >= 4 is 5.69 Å². The summed E-state index contributed by atoms with van der Waals surface area (Å²) in [5.74, 6) is 0. The van der Waals surface area contributed by atoms with Crippen LogP contribution in [0, 0.1) is 0 Å². The van der Waals surface area contributed by atoms with E-state index in [9.17, 15) is 9.59 Å². The van der Waals surface area contributed by atoms with Crippen LogP contribution in [0.3, 0.4) is 0 Å². The monoisotopic (exact) mass is 211 g/mol. The Bertz CT molecular complexity index is 419. The van der Waals surface area contributed by atoms with Crippen molar-refractivity contribution in [2.24, 2.45) is 0 Å². The van der Waals surface area contributed by atoms with E-state index in [-0.39, 0.29) is 11.4 Å². The molecule has 0 fully saturated rings. The number of nitrogens with two attached hydrogens (primary N) is 1. The van der Waals surface area contributed by atoms with Crippen molar-refractivity contribution in [3.8, 4) is 0 Å². The second-order valence-electron chi connectivity index (χ2n) is 3.60. The third kappa shape index (κ3) is 3.27. The van der Waals surface area contributed by atoms with Gasteiger partial charge in [0.05, 0.1) is 0 Å². The van der Waals surface area contributed by atoms with E-state index in [4.69, 9.17) is 5.73 Å². The Balaban J connectivity index is 2.66. The van der Waals surface area contributed by atoms with Crippen LogP contribution in [0.1, 0.15) is 32.6 Å². The Kier molecular flexibility index (Phi) is 4.15. The number of aryl methyl sites for hydroxylation is 1. The predicted molar refractivity (Wildman–Crippen MR) is 59.9 cm³/mol. The lowest BCUT2D eigenvalue weighted by Gasteiger charge is -2.04. The Morgan fingerprint density at radius 3 is 2.73 bits per heavy atom. The Hall–Kier alpha value is -1.52. The molecule has 84 valence electrons. The molecule has 0 amide bonds. The van der Waals surface area contributed by atoms with Gasteiger partial charge >= 0.3 is 5.69 Å². The molecule has 0 aliphatic rings. The van der Waals surface area contributed by atoms with Crippen LogP contribution in [-0.4, -0.2) is 9.55 Å². The van der Waals surface area contributed by atoms with Gasteiger partial charge in [-0.2, -0.15) is 0 Å². The zero-order chi connectivity index (χ0) is 11.3. The van der Waals surface area contributed by atoms with E-state index in [1.807, 2.05) is 0 Å². The molecule has 5 nitrogen and oxygen atoms in total. The average Bonchev–Trinajstić information content (AvgIpc) is 2.20. The van der Waals surface area contributed by atoms with Gasteiger partial charge < -0.3 is 5.73 Å². The molecule has 0 bridgehead atoms. The summed E-state index contributed by atoms with van der Waals surface area (Å²) in [7, 11) is 0. The fraction of sp³-hybridized carbons (Fsp3) is 0.600. The summed E-state index contributed by atoms with van der Waals surface area (Å²) in [5.41, 5.74) is 4.61. The van der Waals surface area contributed by atoms with Gasteiger partial charge in [0.2, 0.25) is 0 Å². The Morgan fingerprint density at radius 1 is 1.33 bits per heavy atom. The topological polar surface area (TPSA) is 80.9 Å². The van der Waals surface area contributed by atoms with Gasteiger partial charge in [0, 0.05) is 12.7 Å². The van der Waals surface area contributed by atoms with Crippen molar-refractivity contribution in [1.82, 2.24) is 9.55 Å². The van der Waals surface area contributed by atoms with E-state index >= 15 is 0 Å². The Labute approximate surface area is 87.9 Å². The van der Waals surface area contributed by atoms with Crippen molar-refractivity contribution in [2.75, 3.05) is 5.73 Å². The lowest BCUT2D eigenvalue weighted by atomic mass is 10.2. The van der Waals surface area contributed by atoms with E-state index in [1.54, 1.807) is 0 Å². The molecule has 0 atom stereocenters. The second kappa shape index (κ2) is 5.38. The zero-order valence-electron chi connectivity index (χ0n) is 8.95. The van der Waals surface area contributed by atoms with Gasteiger partial charge in [-0.1, -0.05) is 26.2 Å². The standard InChI is InChI=1S/C10H17N3O2/c1-2-3-4-5-6-13-7-8(11)9(14)12-10(13)15/h7H,2-6,11H2,1H3,(H,12,14,15). The van der Waals surface area contributed by atoms with Crippen LogP contribution < -0.4 is 17.0 Å². The molecule has 1 heterocycles. The molecule has 1 rings (SSSR count). The normalized spacial score (nSPS) is 10.5. The van der Waals surface area contributed by atoms with E-state index in [0.29, 0.717) is 6.54 Å². The molecule has 1 aromatic heterocycles. The maximum Gasteiger partial charge on any atom is 0.328 e. The minimum atomic E-state index is -0.509. The maximum absolute atomic E-state index is 11.3. The van der Waals surface area contributed by atoms with Crippen LogP contribution in [0.2, 0.25) is 0 Å². The number of aromatic amines is 1. The van der Waals surface area contributed by atoms with Crippen molar-refractivity contribution in [1.29, 1.82) is 0 Å². The lowest BCUT2D eigenvalue weighted by molar-refractivity contribution is 0.561. The number of H-pyrrole nitrogens is 1.